The van der Waals surface area contributed by atoms with Crippen LogP contribution in [0.5, 0.6) is 11.8 Å². The van der Waals surface area contributed by atoms with Crippen molar-refractivity contribution in [1.29, 1.82) is 0 Å². The molecule has 1 aromatic heterocycles. The summed E-state index contributed by atoms with van der Waals surface area (Å²) < 4.78 is 6.79. The number of carbonyl (C=O) groups is 1. The minimum Gasteiger partial charge on any atom is -0.478 e. The highest BCUT2D eigenvalue weighted by atomic mass is 16.5. The number of carboxylic acids is 1. The maximum absolute atomic E-state index is 10.9. The van der Waals surface area contributed by atoms with E-state index in [4.69, 9.17) is 9.84 Å². The van der Waals surface area contributed by atoms with Crippen LogP contribution in [0.3, 0.4) is 0 Å². The van der Waals surface area contributed by atoms with Gasteiger partial charge in [0.2, 0.25) is 0 Å². The molecular formula is C10H10N4O3. The topological polar surface area (TPSA) is 90.1 Å². The van der Waals surface area contributed by atoms with Gasteiger partial charge in [0.15, 0.2) is 0 Å². The molecule has 0 saturated heterocycles. The Balaban J connectivity index is 2.37. The normalized spacial score (nSPS) is 10.2. The summed E-state index contributed by atoms with van der Waals surface area (Å²) in [4.78, 5) is 10.9. The summed E-state index contributed by atoms with van der Waals surface area (Å²) in [6, 6.07) is 4.99. The van der Waals surface area contributed by atoms with E-state index in [9.17, 15) is 4.79 Å². The first-order chi connectivity index (χ1) is 8.09. The first kappa shape index (κ1) is 11.1. The van der Waals surface area contributed by atoms with Gasteiger partial charge in [-0.2, -0.15) is 4.68 Å². The number of carboxylic acid groups (broad SMARTS) is 1. The number of ether oxygens (including phenoxy) is 1. The highest BCUT2D eigenvalue weighted by molar-refractivity contribution is 5.90. The molecule has 0 amide bonds. The van der Waals surface area contributed by atoms with Crippen LogP contribution in [0, 0.1) is 6.92 Å². The lowest BCUT2D eigenvalue weighted by Crippen LogP contribution is -2.02. The molecule has 17 heavy (non-hydrogen) atoms. The van der Waals surface area contributed by atoms with E-state index < -0.39 is 5.97 Å². The third kappa shape index (κ3) is 2.07. The van der Waals surface area contributed by atoms with Crippen LogP contribution in [0.4, 0.5) is 0 Å². The lowest BCUT2D eigenvalue weighted by atomic mass is 10.1. The maximum Gasteiger partial charge on any atom is 0.340 e. The Morgan fingerprint density at radius 2 is 2.24 bits per heavy atom. The molecule has 7 heteroatoms. The van der Waals surface area contributed by atoms with Crippen molar-refractivity contribution in [3.8, 4) is 11.8 Å². The average Bonchev–Trinajstić information content (AvgIpc) is 2.67. The highest BCUT2D eigenvalue weighted by Crippen LogP contribution is 2.25. The molecule has 1 N–H and O–H groups in total. The molecular weight excluding hydrogens is 224 g/mol. The first-order valence-electron chi connectivity index (χ1n) is 4.82. The monoisotopic (exact) mass is 234 g/mol. The number of nitrogens with zero attached hydrogens (tertiary/aromatic N) is 4. The molecule has 0 bridgehead atoms. The molecule has 0 atom stereocenters. The van der Waals surface area contributed by atoms with Crippen LogP contribution in [0.2, 0.25) is 0 Å². The van der Waals surface area contributed by atoms with E-state index in [1.165, 1.54) is 10.7 Å². The van der Waals surface area contributed by atoms with Crippen molar-refractivity contribution < 1.29 is 14.6 Å². The van der Waals surface area contributed by atoms with E-state index in [2.05, 4.69) is 15.5 Å². The summed E-state index contributed by atoms with van der Waals surface area (Å²) in [6.45, 7) is 1.67. The van der Waals surface area contributed by atoms with Crippen LogP contribution in [-0.2, 0) is 7.05 Å². The third-order valence-corrected chi connectivity index (χ3v) is 2.30. The van der Waals surface area contributed by atoms with Crippen molar-refractivity contribution in [2.24, 2.45) is 7.05 Å². The smallest absolute Gasteiger partial charge is 0.340 e. The zero-order valence-corrected chi connectivity index (χ0v) is 9.28. The SMILES string of the molecule is Cc1c(Oc2nnnn2C)cccc1C(=O)O. The molecule has 0 aliphatic rings. The Morgan fingerprint density at radius 1 is 1.47 bits per heavy atom. The number of aromatic carboxylic acids is 1. The van der Waals surface area contributed by atoms with E-state index in [0.717, 1.165) is 0 Å². The molecule has 0 aliphatic heterocycles. The van der Waals surface area contributed by atoms with Gasteiger partial charge in [-0.3, -0.25) is 0 Å². The summed E-state index contributed by atoms with van der Waals surface area (Å²) in [5.74, 6) is -0.577. The van der Waals surface area contributed by atoms with Gasteiger partial charge in [0.25, 0.3) is 0 Å². The van der Waals surface area contributed by atoms with E-state index in [0.29, 0.717) is 11.3 Å². The standard InChI is InChI=1S/C10H10N4O3/c1-6-7(9(15)16)4-3-5-8(6)17-10-11-12-13-14(10)2/h3-5H,1-2H3,(H,15,16). The molecule has 0 unspecified atom stereocenters. The number of hydrogen-bond acceptors (Lipinski definition) is 5. The molecule has 88 valence electrons. The maximum atomic E-state index is 10.9. The van der Waals surface area contributed by atoms with Gasteiger partial charge in [0.05, 0.1) is 5.56 Å². The fourth-order valence-electron chi connectivity index (χ4n) is 1.36. The van der Waals surface area contributed by atoms with Crippen LogP contribution in [0.25, 0.3) is 0 Å². The fraction of sp³-hybridized carbons (Fsp3) is 0.200. The van der Waals surface area contributed by atoms with Gasteiger partial charge in [0, 0.05) is 12.6 Å². The van der Waals surface area contributed by atoms with E-state index in [-0.39, 0.29) is 11.6 Å². The average molecular weight is 234 g/mol. The number of aryl methyl sites for hydroxylation is 1. The van der Waals surface area contributed by atoms with Crippen LogP contribution >= 0.6 is 0 Å². The molecule has 0 radical (unpaired) electrons. The Labute approximate surface area is 96.6 Å². The number of aromatic nitrogens is 4. The molecule has 1 aromatic carbocycles. The summed E-state index contributed by atoms with van der Waals surface area (Å²) in [6.07, 6.45) is 0. The van der Waals surface area contributed by atoms with E-state index in [1.54, 1.807) is 26.1 Å². The molecule has 0 fully saturated rings. The van der Waals surface area contributed by atoms with Crippen molar-refractivity contribution in [1.82, 2.24) is 20.2 Å². The van der Waals surface area contributed by atoms with Crippen molar-refractivity contribution >= 4 is 5.97 Å². The predicted octanol–water partition coefficient (Wildman–Crippen LogP) is 1.01. The summed E-state index contributed by atoms with van der Waals surface area (Å²) in [5, 5.41) is 19.7. The second kappa shape index (κ2) is 4.20. The van der Waals surface area contributed by atoms with Gasteiger partial charge in [0.1, 0.15) is 5.75 Å². The van der Waals surface area contributed by atoms with Crippen molar-refractivity contribution in [3.05, 3.63) is 29.3 Å². The summed E-state index contributed by atoms with van der Waals surface area (Å²) in [5.41, 5.74) is 0.723. The number of tetrazole rings is 1. The lowest BCUT2D eigenvalue weighted by molar-refractivity contribution is 0.0695. The molecule has 2 rings (SSSR count). The molecule has 1 heterocycles. The molecule has 7 nitrogen and oxygen atoms in total. The van der Waals surface area contributed by atoms with Gasteiger partial charge in [-0.1, -0.05) is 11.2 Å². The quantitative estimate of drug-likeness (QED) is 0.852. The number of benzene rings is 1. The van der Waals surface area contributed by atoms with Gasteiger partial charge < -0.3 is 9.84 Å². The van der Waals surface area contributed by atoms with Gasteiger partial charge in [-0.05, 0) is 29.5 Å². The Morgan fingerprint density at radius 3 is 2.82 bits per heavy atom. The van der Waals surface area contributed by atoms with E-state index in [1.807, 2.05) is 0 Å². The van der Waals surface area contributed by atoms with Gasteiger partial charge in [-0.15, -0.1) is 0 Å². The minimum absolute atomic E-state index is 0.192. The van der Waals surface area contributed by atoms with Gasteiger partial charge in [-0.25, -0.2) is 4.79 Å². The largest absolute Gasteiger partial charge is 0.478 e. The molecule has 0 spiro atoms. The predicted molar refractivity (Wildman–Crippen MR) is 57.0 cm³/mol. The second-order valence-electron chi connectivity index (χ2n) is 3.42. The number of hydrogen-bond donors (Lipinski definition) is 1. The third-order valence-electron chi connectivity index (χ3n) is 2.30. The van der Waals surface area contributed by atoms with Crippen molar-refractivity contribution in [2.75, 3.05) is 0 Å². The second-order valence-corrected chi connectivity index (χ2v) is 3.42. The van der Waals surface area contributed by atoms with Gasteiger partial charge >= 0.3 is 12.0 Å². The minimum atomic E-state index is -0.996. The van der Waals surface area contributed by atoms with Crippen LogP contribution in [-0.4, -0.2) is 31.3 Å². The molecule has 0 aliphatic carbocycles. The summed E-state index contributed by atoms with van der Waals surface area (Å²) in [7, 11) is 1.63. The van der Waals surface area contributed by atoms with Crippen LogP contribution in [0.1, 0.15) is 15.9 Å². The van der Waals surface area contributed by atoms with E-state index >= 15 is 0 Å². The Bertz CT molecular complexity index is 564. The van der Waals surface area contributed by atoms with Crippen molar-refractivity contribution in [3.63, 3.8) is 0 Å². The van der Waals surface area contributed by atoms with Crippen LogP contribution in [0.15, 0.2) is 18.2 Å². The van der Waals surface area contributed by atoms with Crippen LogP contribution < -0.4 is 4.74 Å². The molecule has 2 aromatic rings. The lowest BCUT2D eigenvalue weighted by Gasteiger charge is -2.08. The Kier molecular flexibility index (Phi) is 2.73. The Hall–Kier alpha value is -2.44. The zero-order valence-electron chi connectivity index (χ0n) is 9.28. The molecule has 0 saturated carbocycles. The first-order valence-corrected chi connectivity index (χ1v) is 4.82. The fourth-order valence-corrected chi connectivity index (χ4v) is 1.36. The highest BCUT2D eigenvalue weighted by Gasteiger charge is 2.13. The number of rotatable bonds is 3. The van der Waals surface area contributed by atoms with Crippen molar-refractivity contribution in [2.45, 2.75) is 6.92 Å². The zero-order chi connectivity index (χ0) is 12.4. The summed E-state index contributed by atoms with van der Waals surface area (Å²) >= 11 is 0.